The van der Waals surface area contributed by atoms with Crippen LogP contribution in [0, 0.1) is 0 Å². The zero-order chi connectivity index (χ0) is 5.86. The summed E-state index contributed by atoms with van der Waals surface area (Å²) in [6.07, 6.45) is 0. The topological polar surface area (TPSA) is 46.5 Å². The van der Waals surface area contributed by atoms with Crippen molar-refractivity contribution in [1.29, 1.82) is 0 Å². The molecular weight excluding hydrogens is 115 g/mol. The van der Waals surface area contributed by atoms with Gasteiger partial charge in [0.15, 0.2) is 5.76 Å². The van der Waals surface area contributed by atoms with E-state index in [2.05, 4.69) is 11.1 Å². The summed E-state index contributed by atoms with van der Waals surface area (Å²) in [7, 11) is -2.49. The molecule has 0 aromatic rings. The molecule has 0 aliphatic heterocycles. The van der Waals surface area contributed by atoms with Crippen LogP contribution in [-0.4, -0.2) is 4.89 Å². The van der Waals surface area contributed by atoms with E-state index >= 15 is 0 Å². The van der Waals surface area contributed by atoms with E-state index < -0.39 is 8.25 Å². The molecule has 0 saturated heterocycles. The van der Waals surface area contributed by atoms with E-state index in [1.807, 2.05) is 0 Å². The van der Waals surface area contributed by atoms with Crippen LogP contribution in [-0.2, 0) is 9.09 Å². The molecule has 0 aromatic carbocycles. The van der Waals surface area contributed by atoms with Crippen molar-refractivity contribution in [1.82, 2.24) is 0 Å². The Labute approximate surface area is 42.6 Å². The monoisotopic (exact) mass is 121 g/mol. The highest BCUT2D eigenvalue weighted by Gasteiger charge is 2.10. The van der Waals surface area contributed by atoms with Gasteiger partial charge in [-0.1, -0.05) is 6.58 Å². The van der Waals surface area contributed by atoms with Gasteiger partial charge in [0.1, 0.15) is 0 Å². The highest BCUT2D eigenvalue weighted by molar-refractivity contribution is 7.32. The van der Waals surface area contributed by atoms with E-state index in [-0.39, 0.29) is 5.76 Å². The first-order valence-corrected chi connectivity index (χ1v) is 2.75. The minimum absolute atomic E-state index is 0.253. The molecule has 0 amide bonds. The molecular formula is C3H6O3P+. The molecule has 0 spiro atoms. The van der Waals surface area contributed by atoms with Crippen molar-refractivity contribution in [3.63, 3.8) is 0 Å². The predicted molar refractivity (Wildman–Crippen MR) is 25.7 cm³/mol. The summed E-state index contributed by atoms with van der Waals surface area (Å²) in [6.45, 7) is 4.73. The summed E-state index contributed by atoms with van der Waals surface area (Å²) < 4.78 is 13.8. The summed E-state index contributed by atoms with van der Waals surface area (Å²) in [4.78, 5) is 7.95. The average Bonchev–Trinajstić information content (AvgIpc) is 1.27. The van der Waals surface area contributed by atoms with Crippen LogP contribution in [0.2, 0.25) is 0 Å². The molecule has 40 valence electrons. The minimum atomic E-state index is -2.49. The van der Waals surface area contributed by atoms with Gasteiger partial charge in [-0.05, 0) is 6.92 Å². The fourth-order valence-corrected chi connectivity index (χ4v) is 0.400. The molecule has 0 aromatic heterocycles. The van der Waals surface area contributed by atoms with Crippen molar-refractivity contribution < 1.29 is 14.0 Å². The Bertz CT molecular complexity index is 86.4. The third kappa shape index (κ3) is 5.60. The molecule has 0 heterocycles. The van der Waals surface area contributed by atoms with E-state index in [1.165, 1.54) is 6.92 Å². The van der Waals surface area contributed by atoms with Crippen LogP contribution in [0.15, 0.2) is 12.3 Å². The van der Waals surface area contributed by atoms with Gasteiger partial charge in [0.25, 0.3) is 0 Å². The Hall–Kier alpha value is -0.400. The van der Waals surface area contributed by atoms with Crippen LogP contribution in [0.1, 0.15) is 6.92 Å². The molecule has 0 fully saturated rings. The lowest BCUT2D eigenvalue weighted by atomic mass is 10.7. The molecule has 3 nitrogen and oxygen atoms in total. The summed E-state index contributed by atoms with van der Waals surface area (Å²) in [5.74, 6) is 0.253. The van der Waals surface area contributed by atoms with Crippen molar-refractivity contribution in [3.8, 4) is 0 Å². The highest BCUT2D eigenvalue weighted by Crippen LogP contribution is 2.17. The molecule has 1 atom stereocenters. The zero-order valence-corrected chi connectivity index (χ0v) is 4.81. The van der Waals surface area contributed by atoms with Crippen molar-refractivity contribution >= 4 is 8.25 Å². The van der Waals surface area contributed by atoms with Crippen LogP contribution in [0.4, 0.5) is 0 Å². The molecule has 4 heteroatoms. The smallest absolute Gasteiger partial charge is 0.235 e. The van der Waals surface area contributed by atoms with Crippen molar-refractivity contribution in [2.24, 2.45) is 0 Å². The van der Waals surface area contributed by atoms with Crippen LogP contribution < -0.4 is 0 Å². The van der Waals surface area contributed by atoms with E-state index in [0.29, 0.717) is 0 Å². The fraction of sp³-hybridized carbons (Fsp3) is 0.333. The summed E-state index contributed by atoms with van der Waals surface area (Å²) >= 11 is 0. The summed E-state index contributed by atoms with van der Waals surface area (Å²) in [5.41, 5.74) is 0. The fourth-order valence-electron chi connectivity index (χ4n) is 0.133. The van der Waals surface area contributed by atoms with Gasteiger partial charge in [0.2, 0.25) is 0 Å². The lowest BCUT2D eigenvalue weighted by Crippen LogP contribution is -1.69. The standard InChI is InChI=1S/C3H5O3P/c1-3(2)6-7(4)5/h1H2,2H3/p+1. The van der Waals surface area contributed by atoms with E-state index in [9.17, 15) is 4.57 Å². The Balaban J connectivity index is 3.32. The third-order valence-corrected chi connectivity index (χ3v) is 0.702. The highest BCUT2D eigenvalue weighted by atomic mass is 31.1. The Morgan fingerprint density at radius 2 is 2.43 bits per heavy atom. The van der Waals surface area contributed by atoms with Gasteiger partial charge in [-0.2, -0.15) is 0 Å². The average molecular weight is 121 g/mol. The van der Waals surface area contributed by atoms with Crippen molar-refractivity contribution in [2.75, 3.05) is 0 Å². The van der Waals surface area contributed by atoms with Crippen LogP contribution in [0.3, 0.4) is 0 Å². The van der Waals surface area contributed by atoms with Gasteiger partial charge < -0.3 is 0 Å². The van der Waals surface area contributed by atoms with E-state index in [4.69, 9.17) is 4.89 Å². The lowest BCUT2D eigenvalue weighted by Gasteiger charge is -1.77. The van der Waals surface area contributed by atoms with Gasteiger partial charge in [0.05, 0.1) is 0 Å². The first kappa shape index (κ1) is 6.60. The quantitative estimate of drug-likeness (QED) is 0.440. The number of allylic oxidation sites excluding steroid dienone is 1. The second-order valence-electron chi connectivity index (χ2n) is 1.03. The van der Waals surface area contributed by atoms with Gasteiger partial charge in [-0.3, -0.25) is 0 Å². The van der Waals surface area contributed by atoms with E-state index in [0.717, 1.165) is 0 Å². The van der Waals surface area contributed by atoms with Crippen LogP contribution in [0.25, 0.3) is 0 Å². The largest absolute Gasteiger partial charge is 0.747 e. The number of hydrogen-bond donors (Lipinski definition) is 1. The van der Waals surface area contributed by atoms with Gasteiger partial charge in [-0.15, -0.1) is 4.89 Å². The molecule has 0 saturated carbocycles. The van der Waals surface area contributed by atoms with E-state index in [1.54, 1.807) is 0 Å². The summed E-state index contributed by atoms with van der Waals surface area (Å²) in [5, 5.41) is 0. The Morgan fingerprint density at radius 1 is 2.00 bits per heavy atom. The third-order valence-electron chi connectivity index (χ3n) is 0.234. The minimum Gasteiger partial charge on any atom is -0.235 e. The van der Waals surface area contributed by atoms with Crippen molar-refractivity contribution in [2.45, 2.75) is 6.92 Å². The second-order valence-corrected chi connectivity index (χ2v) is 1.69. The predicted octanol–water partition coefficient (Wildman–Crippen LogP) is 1.19. The second kappa shape index (κ2) is 2.72. The van der Waals surface area contributed by atoms with Crippen LogP contribution in [0.5, 0.6) is 0 Å². The molecule has 0 bridgehead atoms. The molecule has 1 N–H and O–H groups in total. The maximum atomic E-state index is 9.67. The van der Waals surface area contributed by atoms with Gasteiger partial charge in [0, 0.05) is 4.57 Å². The molecule has 1 unspecified atom stereocenters. The summed E-state index contributed by atoms with van der Waals surface area (Å²) in [6, 6.07) is 0. The maximum Gasteiger partial charge on any atom is 0.747 e. The Morgan fingerprint density at radius 3 is 2.43 bits per heavy atom. The lowest BCUT2D eigenvalue weighted by molar-refractivity contribution is 0.354. The molecule has 0 aliphatic carbocycles. The number of rotatable bonds is 2. The van der Waals surface area contributed by atoms with Crippen LogP contribution >= 0.6 is 8.25 Å². The molecule has 0 radical (unpaired) electrons. The SMILES string of the molecule is C=C(C)O[P+](=O)O. The molecule has 7 heavy (non-hydrogen) atoms. The first-order chi connectivity index (χ1) is 3.13. The molecule has 0 rings (SSSR count). The number of hydrogen-bond acceptors (Lipinski definition) is 2. The van der Waals surface area contributed by atoms with Gasteiger partial charge in [-0.25, -0.2) is 4.52 Å². The molecule has 0 aliphatic rings. The first-order valence-electron chi connectivity index (χ1n) is 1.62. The van der Waals surface area contributed by atoms with Crippen molar-refractivity contribution in [3.05, 3.63) is 12.3 Å². The normalized spacial score (nSPS) is 10.3. The zero-order valence-electron chi connectivity index (χ0n) is 3.92. The Kier molecular flexibility index (Phi) is 2.56. The van der Waals surface area contributed by atoms with Gasteiger partial charge >= 0.3 is 8.25 Å². The maximum absolute atomic E-state index is 9.67.